The summed E-state index contributed by atoms with van der Waals surface area (Å²) in [5.41, 5.74) is 6.00. The largest absolute Gasteiger partial charge is 0.494 e. The Balaban J connectivity index is 1.78. The molecular weight excluding hydrogens is 280 g/mol. The number of carbonyl (C=O) groups excluding carboxylic acids is 2. The Morgan fingerprint density at radius 1 is 1.00 bits per heavy atom. The molecule has 2 aromatic carbocycles. The maximum Gasteiger partial charge on any atom is 0.250 e. The van der Waals surface area contributed by atoms with E-state index in [1.807, 2.05) is 30.3 Å². The Labute approximate surface area is 129 Å². The van der Waals surface area contributed by atoms with Crippen LogP contribution in [0, 0.1) is 0 Å². The van der Waals surface area contributed by atoms with Crippen molar-refractivity contribution in [2.45, 2.75) is 12.8 Å². The molecule has 0 fully saturated rings. The summed E-state index contributed by atoms with van der Waals surface area (Å²) in [6.07, 6.45) is 0.888. The minimum Gasteiger partial charge on any atom is -0.494 e. The molecule has 0 aliphatic heterocycles. The van der Waals surface area contributed by atoms with Crippen molar-refractivity contribution in [3.8, 4) is 5.75 Å². The predicted octanol–water partition coefficient (Wildman–Crippen LogP) is 2.58. The number of anilines is 1. The number of nitrogens with one attached hydrogen (secondary N) is 1. The fourth-order valence-electron chi connectivity index (χ4n) is 1.96. The second kappa shape index (κ2) is 7.83. The zero-order chi connectivity index (χ0) is 15.8. The minimum atomic E-state index is -0.566. The SMILES string of the molecule is NC(=O)c1ccccc1NC(=O)CCCOc1ccccc1. The van der Waals surface area contributed by atoms with Gasteiger partial charge in [0.1, 0.15) is 5.75 Å². The van der Waals surface area contributed by atoms with Crippen molar-refractivity contribution < 1.29 is 14.3 Å². The molecule has 0 unspecified atom stereocenters. The zero-order valence-electron chi connectivity index (χ0n) is 12.1. The van der Waals surface area contributed by atoms with Gasteiger partial charge in [0.25, 0.3) is 5.91 Å². The fourth-order valence-corrected chi connectivity index (χ4v) is 1.96. The van der Waals surface area contributed by atoms with Gasteiger partial charge in [-0.25, -0.2) is 0 Å². The van der Waals surface area contributed by atoms with Gasteiger partial charge in [-0.1, -0.05) is 30.3 Å². The maximum atomic E-state index is 11.9. The Morgan fingerprint density at radius 3 is 2.41 bits per heavy atom. The number of para-hydroxylation sites is 2. The van der Waals surface area contributed by atoms with E-state index in [1.54, 1.807) is 24.3 Å². The molecule has 0 radical (unpaired) electrons. The Kier molecular flexibility index (Phi) is 5.54. The van der Waals surface area contributed by atoms with Gasteiger partial charge in [0, 0.05) is 6.42 Å². The number of hydrogen-bond acceptors (Lipinski definition) is 3. The Morgan fingerprint density at radius 2 is 1.68 bits per heavy atom. The third-order valence-electron chi connectivity index (χ3n) is 3.03. The van der Waals surface area contributed by atoms with Crippen LogP contribution < -0.4 is 15.8 Å². The van der Waals surface area contributed by atoms with E-state index in [4.69, 9.17) is 10.5 Å². The second-order valence-electron chi connectivity index (χ2n) is 4.72. The first kappa shape index (κ1) is 15.6. The van der Waals surface area contributed by atoms with Gasteiger partial charge in [-0.05, 0) is 30.7 Å². The Hall–Kier alpha value is -2.82. The fraction of sp³-hybridized carbons (Fsp3) is 0.176. The smallest absolute Gasteiger partial charge is 0.250 e. The number of nitrogens with two attached hydrogens (primary N) is 1. The van der Waals surface area contributed by atoms with E-state index in [0.29, 0.717) is 30.7 Å². The van der Waals surface area contributed by atoms with E-state index in [-0.39, 0.29) is 5.91 Å². The lowest BCUT2D eigenvalue weighted by Crippen LogP contribution is -2.18. The molecule has 0 aliphatic carbocycles. The van der Waals surface area contributed by atoms with E-state index in [2.05, 4.69) is 5.32 Å². The van der Waals surface area contributed by atoms with Crippen molar-refractivity contribution in [1.82, 2.24) is 0 Å². The van der Waals surface area contributed by atoms with Crippen molar-refractivity contribution >= 4 is 17.5 Å². The molecule has 3 N–H and O–H groups in total. The third-order valence-corrected chi connectivity index (χ3v) is 3.03. The zero-order valence-corrected chi connectivity index (χ0v) is 12.1. The molecule has 2 amide bonds. The van der Waals surface area contributed by atoms with Crippen molar-refractivity contribution in [3.63, 3.8) is 0 Å². The second-order valence-corrected chi connectivity index (χ2v) is 4.72. The number of rotatable bonds is 7. The summed E-state index contributed by atoms with van der Waals surface area (Å²) in [5.74, 6) is 0.0376. The predicted molar refractivity (Wildman–Crippen MR) is 84.8 cm³/mol. The standard InChI is InChI=1S/C17H18N2O3/c18-17(21)14-9-4-5-10-15(14)19-16(20)11-6-12-22-13-7-2-1-3-8-13/h1-5,7-10H,6,11-12H2,(H2,18,21)(H,19,20). The molecule has 0 saturated carbocycles. The summed E-state index contributed by atoms with van der Waals surface area (Å²) >= 11 is 0. The molecule has 22 heavy (non-hydrogen) atoms. The normalized spacial score (nSPS) is 10.0. The molecule has 5 nitrogen and oxygen atoms in total. The van der Waals surface area contributed by atoms with Crippen LogP contribution in [0.2, 0.25) is 0 Å². The van der Waals surface area contributed by atoms with Crippen LogP contribution in [0.25, 0.3) is 0 Å². The van der Waals surface area contributed by atoms with Crippen molar-refractivity contribution in [1.29, 1.82) is 0 Å². The van der Waals surface area contributed by atoms with Crippen LogP contribution in [-0.2, 0) is 4.79 Å². The van der Waals surface area contributed by atoms with E-state index < -0.39 is 5.91 Å². The van der Waals surface area contributed by atoms with E-state index in [9.17, 15) is 9.59 Å². The minimum absolute atomic E-state index is 0.176. The quantitative estimate of drug-likeness (QED) is 0.771. The average molecular weight is 298 g/mol. The molecule has 0 atom stereocenters. The first-order valence-electron chi connectivity index (χ1n) is 7.03. The monoisotopic (exact) mass is 298 g/mol. The molecule has 0 aromatic heterocycles. The van der Waals surface area contributed by atoms with E-state index in [1.165, 1.54) is 0 Å². The van der Waals surface area contributed by atoms with Crippen molar-refractivity contribution in [2.24, 2.45) is 5.73 Å². The number of benzene rings is 2. The summed E-state index contributed by atoms with van der Waals surface area (Å²) in [5, 5.41) is 2.70. The topological polar surface area (TPSA) is 81.4 Å². The molecule has 0 bridgehead atoms. The van der Waals surface area contributed by atoms with Gasteiger partial charge in [-0.2, -0.15) is 0 Å². The molecule has 2 rings (SSSR count). The van der Waals surface area contributed by atoms with Crippen LogP contribution in [0.1, 0.15) is 23.2 Å². The average Bonchev–Trinajstić information content (AvgIpc) is 2.53. The van der Waals surface area contributed by atoms with Gasteiger partial charge in [0.15, 0.2) is 0 Å². The molecule has 0 saturated heterocycles. The van der Waals surface area contributed by atoms with Gasteiger partial charge >= 0.3 is 0 Å². The highest BCUT2D eigenvalue weighted by Gasteiger charge is 2.09. The number of amides is 2. The van der Waals surface area contributed by atoms with Gasteiger partial charge < -0.3 is 15.8 Å². The molecule has 0 heterocycles. The summed E-state index contributed by atoms with van der Waals surface area (Å²) in [4.78, 5) is 23.2. The number of carbonyl (C=O) groups is 2. The highest BCUT2D eigenvalue weighted by Crippen LogP contribution is 2.15. The van der Waals surface area contributed by atoms with Crippen LogP contribution in [0.3, 0.4) is 0 Å². The molecular formula is C17H18N2O3. The summed E-state index contributed by atoms with van der Waals surface area (Å²) < 4.78 is 5.51. The first-order valence-corrected chi connectivity index (χ1v) is 7.03. The molecule has 0 aliphatic rings. The van der Waals surface area contributed by atoms with Crippen molar-refractivity contribution in [3.05, 3.63) is 60.2 Å². The van der Waals surface area contributed by atoms with E-state index in [0.717, 1.165) is 5.75 Å². The maximum absolute atomic E-state index is 11.9. The van der Waals surface area contributed by atoms with Crippen LogP contribution in [-0.4, -0.2) is 18.4 Å². The highest BCUT2D eigenvalue weighted by molar-refractivity contribution is 6.02. The van der Waals surface area contributed by atoms with Gasteiger partial charge in [-0.15, -0.1) is 0 Å². The Bertz CT molecular complexity index is 641. The van der Waals surface area contributed by atoms with Gasteiger partial charge in [0.05, 0.1) is 17.9 Å². The molecule has 114 valence electrons. The van der Waals surface area contributed by atoms with Gasteiger partial charge in [-0.3, -0.25) is 9.59 Å². The van der Waals surface area contributed by atoms with Crippen LogP contribution >= 0.6 is 0 Å². The first-order chi connectivity index (χ1) is 10.7. The lowest BCUT2D eigenvalue weighted by atomic mass is 10.1. The summed E-state index contributed by atoms with van der Waals surface area (Å²) in [7, 11) is 0. The van der Waals surface area contributed by atoms with Crippen LogP contribution in [0.15, 0.2) is 54.6 Å². The van der Waals surface area contributed by atoms with Crippen LogP contribution in [0.5, 0.6) is 5.75 Å². The van der Waals surface area contributed by atoms with Crippen LogP contribution in [0.4, 0.5) is 5.69 Å². The van der Waals surface area contributed by atoms with Gasteiger partial charge in [0.2, 0.25) is 5.91 Å². The summed E-state index contributed by atoms with van der Waals surface area (Å²) in [6.45, 7) is 0.453. The van der Waals surface area contributed by atoms with E-state index >= 15 is 0 Å². The number of primary amides is 1. The number of hydrogen-bond donors (Lipinski definition) is 2. The molecule has 0 spiro atoms. The third kappa shape index (κ3) is 4.63. The molecule has 5 heteroatoms. The molecule has 2 aromatic rings. The highest BCUT2D eigenvalue weighted by atomic mass is 16.5. The lowest BCUT2D eigenvalue weighted by Gasteiger charge is -2.09. The number of ether oxygens (including phenoxy) is 1. The lowest BCUT2D eigenvalue weighted by molar-refractivity contribution is -0.116. The summed E-state index contributed by atoms with van der Waals surface area (Å²) in [6, 6.07) is 16.1. The van der Waals surface area contributed by atoms with Crippen molar-refractivity contribution in [2.75, 3.05) is 11.9 Å².